The van der Waals surface area contributed by atoms with Crippen LogP contribution in [0.3, 0.4) is 0 Å². The molecule has 2 aromatic carbocycles. The second-order valence-electron chi connectivity index (χ2n) is 5.58. The van der Waals surface area contributed by atoms with Crippen LogP contribution >= 0.6 is 11.8 Å². The molecule has 0 aliphatic heterocycles. The van der Waals surface area contributed by atoms with Gasteiger partial charge >= 0.3 is 5.97 Å². The minimum absolute atomic E-state index is 0.114. The lowest BCUT2D eigenvalue weighted by molar-refractivity contribution is -0.132. The molecule has 144 valence electrons. The van der Waals surface area contributed by atoms with Crippen molar-refractivity contribution in [3.05, 3.63) is 54.6 Å². The van der Waals surface area contributed by atoms with E-state index < -0.39 is 5.97 Å². The molecule has 8 nitrogen and oxygen atoms in total. The van der Waals surface area contributed by atoms with Gasteiger partial charge in [0.2, 0.25) is 5.04 Å². The maximum atomic E-state index is 12.1. The smallest absolute Gasteiger partial charge is 0.365 e. The summed E-state index contributed by atoms with van der Waals surface area (Å²) in [7, 11) is 4.74. The third kappa shape index (κ3) is 4.49. The average Bonchev–Trinajstić information content (AvgIpc) is 3.11. The molecule has 0 unspecified atom stereocenters. The van der Waals surface area contributed by atoms with Crippen molar-refractivity contribution in [1.29, 1.82) is 0 Å². The van der Waals surface area contributed by atoms with Crippen LogP contribution in [-0.4, -0.2) is 40.0 Å². The van der Waals surface area contributed by atoms with Crippen molar-refractivity contribution in [2.75, 3.05) is 19.6 Å². The number of hydrazone groups is 1. The number of thioether (sulfide) groups is 1. The van der Waals surface area contributed by atoms with Crippen LogP contribution in [0.2, 0.25) is 0 Å². The second kappa shape index (κ2) is 9.05. The maximum Gasteiger partial charge on any atom is 0.365 e. The molecular weight excluding hydrogens is 378 g/mol. The molecule has 1 aromatic heterocycles. The molecular formula is C19H19N5O3S. The molecule has 0 aliphatic rings. The topological polar surface area (TPSA) is 90.6 Å². The lowest BCUT2D eigenvalue weighted by atomic mass is 10.2. The zero-order valence-electron chi connectivity index (χ0n) is 15.6. The Bertz CT molecular complexity index is 971. The average molecular weight is 397 g/mol. The van der Waals surface area contributed by atoms with Gasteiger partial charge in [0.15, 0.2) is 11.0 Å². The van der Waals surface area contributed by atoms with E-state index in [2.05, 4.69) is 20.7 Å². The number of hydrogen-bond donors (Lipinski definition) is 1. The summed E-state index contributed by atoms with van der Waals surface area (Å²) in [4.78, 5) is 12.1. The lowest BCUT2D eigenvalue weighted by Crippen LogP contribution is -2.15. The van der Waals surface area contributed by atoms with Gasteiger partial charge in [0, 0.05) is 12.6 Å². The molecule has 0 aliphatic carbocycles. The fourth-order valence-corrected chi connectivity index (χ4v) is 3.04. The van der Waals surface area contributed by atoms with Gasteiger partial charge in [-0.25, -0.2) is 4.79 Å². The van der Waals surface area contributed by atoms with Gasteiger partial charge in [0.1, 0.15) is 5.75 Å². The number of hydrogen-bond acceptors (Lipinski definition) is 8. The number of carbonyl (C=O) groups excluding carboxylic acids is 1. The fraction of sp³-hybridized carbons (Fsp3) is 0.158. The Hall–Kier alpha value is -3.33. The number of nitrogens with zero attached hydrogens (tertiary/aromatic N) is 4. The molecule has 1 heterocycles. The van der Waals surface area contributed by atoms with E-state index >= 15 is 0 Å². The Kier molecular flexibility index (Phi) is 6.28. The van der Waals surface area contributed by atoms with Gasteiger partial charge in [0.05, 0.1) is 19.9 Å². The first-order valence-electron chi connectivity index (χ1n) is 8.31. The molecule has 9 heteroatoms. The number of carbonyl (C=O) groups is 1. The van der Waals surface area contributed by atoms with Crippen LogP contribution in [-0.2, 0) is 16.6 Å². The number of aromatic nitrogens is 3. The molecule has 3 aromatic rings. The number of methoxy groups -OCH3 is 2. The zero-order chi connectivity index (χ0) is 19.9. The first kappa shape index (κ1) is 19.4. The van der Waals surface area contributed by atoms with Gasteiger partial charge < -0.3 is 14.0 Å². The summed E-state index contributed by atoms with van der Waals surface area (Å²) >= 11 is 1.07. The van der Waals surface area contributed by atoms with Crippen molar-refractivity contribution in [3.63, 3.8) is 0 Å². The quantitative estimate of drug-likeness (QED) is 0.232. The van der Waals surface area contributed by atoms with Gasteiger partial charge in [-0.3, -0.25) is 5.43 Å². The van der Waals surface area contributed by atoms with E-state index in [0.29, 0.717) is 11.0 Å². The van der Waals surface area contributed by atoms with E-state index in [1.165, 1.54) is 7.11 Å². The van der Waals surface area contributed by atoms with E-state index in [1.807, 2.05) is 61.6 Å². The van der Waals surface area contributed by atoms with Crippen LogP contribution in [0.5, 0.6) is 5.75 Å². The summed E-state index contributed by atoms with van der Waals surface area (Å²) in [6.07, 6.45) is 0. The fourth-order valence-electron chi connectivity index (χ4n) is 2.31. The molecule has 0 fully saturated rings. The highest BCUT2D eigenvalue weighted by Gasteiger charge is 2.19. The standard InChI is InChI=1S/C19H19N5O3S/c1-24-16(13-9-11-15(26-2)12-10-13)21-23-19(24)28-17(18(25)27-3)22-20-14-7-5-4-6-8-14/h4-12,20H,1-3H3/b22-17-. The number of benzene rings is 2. The summed E-state index contributed by atoms with van der Waals surface area (Å²) in [6.45, 7) is 0. The molecule has 0 amide bonds. The summed E-state index contributed by atoms with van der Waals surface area (Å²) in [6, 6.07) is 16.8. The van der Waals surface area contributed by atoms with Gasteiger partial charge in [-0.2, -0.15) is 5.10 Å². The molecule has 0 spiro atoms. The van der Waals surface area contributed by atoms with E-state index in [9.17, 15) is 4.79 Å². The van der Waals surface area contributed by atoms with Crippen LogP contribution in [0, 0.1) is 0 Å². The summed E-state index contributed by atoms with van der Waals surface area (Å²) in [5.74, 6) is 0.848. The largest absolute Gasteiger partial charge is 0.497 e. The van der Waals surface area contributed by atoms with E-state index in [-0.39, 0.29) is 5.04 Å². The van der Waals surface area contributed by atoms with Crippen LogP contribution < -0.4 is 10.2 Å². The Morgan fingerprint density at radius 1 is 1.07 bits per heavy atom. The zero-order valence-corrected chi connectivity index (χ0v) is 16.4. The van der Waals surface area contributed by atoms with Gasteiger partial charge in [-0.15, -0.1) is 10.2 Å². The summed E-state index contributed by atoms with van der Waals surface area (Å²) in [5, 5.41) is 13.2. The molecule has 0 saturated heterocycles. The SMILES string of the molecule is COC(=O)/C(=N/Nc1ccccc1)Sc1nnc(-c2ccc(OC)cc2)n1C. The van der Waals surface area contributed by atoms with Crippen molar-refractivity contribution in [2.24, 2.45) is 12.1 Å². The van der Waals surface area contributed by atoms with E-state index in [4.69, 9.17) is 9.47 Å². The predicted octanol–water partition coefficient (Wildman–Crippen LogP) is 3.18. The Morgan fingerprint density at radius 2 is 1.79 bits per heavy atom. The summed E-state index contributed by atoms with van der Waals surface area (Å²) < 4.78 is 11.8. The van der Waals surface area contributed by atoms with Crippen molar-refractivity contribution in [2.45, 2.75) is 5.16 Å². The number of rotatable bonds is 5. The van der Waals surface area contributed by atoms with Crippen molar-refractivity contribution >= 4 is 28.5 Å². The van der Waals surface area contributed by atoms with Crippen molar-refractivity contribution < 1.29 is 14.3 Å². The maximum absolute atomic E-state index is 12.1. The van der Waals surface area contributed by atoms with Crippen molar-refractivity contribution in [3.8, 4) is 17.1 Å². The third-order valence-electron chi connectivity index (χ3n) is 3.79. The third-order valence-corrected chi connectivity index (χ3v) is 4.78. The van der Waals surface area contributed by atoms with Gasteiger partial charge in [-0.1, -0.05) is 18.2 Å². The minimum Gasteiger partial charge on any atom is -0.497 e. The van der Waals surface area contributed by atoms with Gasteiger partial charge in [-0.05, 0) is 48.2 Å². The molecule has 0 saturated carbocycles. The number of esters is 1. The first-order valence-corrected chi connectivity index (χ1v) is 9.12. The van der Waals surface area contributed by atoms with Crippen LogP contribution in [0.1, 0.15) is 0 Å². The number of ether oxygens (including phenoxy) is 2. The molecule has 1 N–H and O–H groups in total. The molecule has 0 radical (unpaired) electrons. The van der Waals surface area contributed by atoms with Crippen LogP contribution in [0.4, 0.5) is 5.69 Å². The van der Waals surface area contributed by atoms with Crippen LogP contribution in [0.25, 0.3) is 11.4 Å². The normalized spacial score (nSPS) is 11.2. The Morgan fingerprint density at radius 3 is 2.43 bits per heavy atom. The number of nitrogens with one attached hydrogen (secondary N) is 1. The van der Waals surface area contributed by atoms with E-state index in [0.717, 1.165) is 28.8 Å². The molecule has 3 rings (SSSR count). The van der Waals surface area contributed by atoms with Crippen molar-refractivity contribution in [1.82, 2.24) is 14.8 Å². The highest BCUT2D eigenvalue weighted by molar-refractivity contribution is 8.15. The monoisotopic (exact) mass is 397 g/mol. The highest BCUT2D eigenvalue weighted by Crippen LogP contribution is 2.25. The predicted molar refractivity (Wildman–Crippen MR) is 108 cm³/mol. The lowest BCUT2D eigenvalue weighted by Gasteiger charge is -2.07. The second-order valence-corrected chi connectivity index (χ2v) is 6.54. The number of anilines is 1. The minimum atomic E-state index is -0.567. The number of para-hydroxylation sites is 1. The molecule has 0 bridgehead atoms. The van der Waals surface area contributed by atoms with Crippen LogP contribution in [0.15, 0.2) is 64.9 Å². The van der Waals surface area contributed by atoms with Gasteiger partial charge in [0.25, 0.3) is 0 Å². The summed E-state index contributed by atoms with van der Waals surface area (Å²) in [5.41, 5.74) is 4.47. The molecule has 0 atom stereocenters. The highest BCUT2D eigenvalue weighted by atomic mass is 32.2. The van der Waals surface area contributed by atoms with E-state index in [1.54, 1.807) is 11.7 Å². The first-order chi connectivity index (χ1) is 13.6. The Balaban J connectivity index is 1.83. The molecule has 28 heavy (non-hydrogen) atoms. The Labute approximate surface area is 166 Å².